The molecule has 196 valence electrons. The third kappa shape index (κ3) is 6.06. The normalized spacial score (nSPS) is 12.5. The maximum absolute atomic E-state index is 13.3. The van der Waals surface area contributed by atoms with Crippen LogP contribution in [0.5, 0.6) is 5.75 Å². The van der Waals surface area contributed by atoms with Gasteiger partial charge in [-0.1, -0.05) is 32.0 Å². The number of tetrazole rings is 1. The first-order chi connectivity index (χ1) is 17.8. The number of fused-ring (bicyclic) bond motifs is 1. The van der Waals surface area contributed by atoms with Gasteiger partial charge in [0.1, 0.15) is 5.75 Å². The molecule has 0 saturated carbocycles. The minimum atomic E-state index is -0.136. The smallest absolute Gasteiger partial charge is 0.252 e. The Hall–Kier alpha value is -3.56. The molecule has 2 aromatic carbocycles. The molecule has 0 fully saturated rings. The van der Waals surface area contributed by atoms with E-state index in [9.17, 15) is 4.79 Å². The van der Waals surface area contributed by atoms with Crippen LogP contribution >= 0.6 is 0 Å². The third-order valence-electron chi connectivity index (χ3n) is 6.66. The zero-order chi connectivity index (χ0) is 26.5. The Morgan fingerprint density at radius 3 is 2.49 bits per heavy atom. The highest BCUT2D eigenvalue weighted by atomic mass is 16.5. The molecule has 4 aromatic rings. The highest BCUT2D eigenvalue weighted by Gasteiger charge is 2.30. The van der Waals surface area contributed by atoms with Crippen molar-refractivity contribution in [3.05, 3.63) is 80.9 Å². The highest BCUT2D eigenvalue weighted by Crippen LogP contribution is 2.31. The number of methoxy groups -OCH3 is 2. The fourth-order valence-electron chi connectivity index (χ4n) is 4.91. The van der Waals surface area contributed by atoms with Crippen molar-refractivity contribution in [1.29, 1.82) is 0 Å². The molecular formula is C28H36N6O3. The van der Waals surface area contributed by atoms with Gasteiger partial charge in [-0.3, -0.25) is 9.69 Å². The highest BCUT2D eigenvalue weighted by molar-refractivity contribution is 5.83. The van der Waals surface area contributed by atoms with Crippen molar-refractivity contribution in [2.75, 3.05) is 20.8 Å². The summed E-state index contributed by atoms with van der Waals surface area (Å²) in [5.41, 5.74) is 4.84. The molecule has 0 unspecified atom stereocenters. The molecule has 0 amide bonds. The van der Waals surface area contributed by atoms with Crippen molar-refractivity contribution in [2.24, 2.45) is 5.92 Å². The number of hydrogen-bond acceptors (Lipinski definition) is 7. The van der Waals surface area contributed by atoms with Gasteiger partial charge in [0.05, 0.1) is 26.3 Å². The van der Waals surface area contributed by atoms with Gasteiger partial charge in [0, 0.05) is 36.7 Å². The van der Waals surface area contributed by atoms with Crippen LogP contribution < -0.4 is 10.3 Å². The van der Waals surface area contributed by atoms with Crippen molar-refractivity contribution in [1.82, 2.24) is 30.1 Å². The van der Waals surface area contributed by atoms with E-state index < -0.39 is 0 Å². The second kappa shape index (κ2) is 11.7. The zero-order valence-corrected chi connectivity index (χ0v) is 22.5. The molecule has 0 aliphatic rings. The lowest BCUT2D eigenvalue weighted by Gasteiger charge is -2.33. The van der Waals surface area contributed by atoms with Gasteiger partial charge in [-0.2, -0.15) is 0 Å². The van der Waals surface area contributed by atoms with Crippen LogP contribution in [0.4, 0.5) is 0 Å². The van der Waals surface area contributed by atoms with Gasteiger partial charge in [0.2, 0.25) is 0 Å². The van der Waals surface area contributed by atoms with Gasteiger partial charge in [0.25, 0.3) is 5.56 Å². The summed E-state index contributed by atoms with van der Waals surface area (Å²) in [5.74, 6) is 1.73. The molecule has 9 heteroatoms. The molecule has 0 aliphatic heterocycles. The number of benzene rings is 2. The molecule has 0 spiro atoms. The number of aryl methyl sites for hydroxylation is 2. The van der Waals surface area contributed by atoms with E-state index in [1.54, 1.807) is 18.9 Å². The minimum Gasteiger partial charge on any atom is -0.497 e. The van der Waals surface area contributed by atoms with E-state index in [0.29, 0.717) is 31.8 Å². The molecule has 37 heavy (non-hydrogen) atoms. The van der Waals surface area contributed by atoms with E-state index in [4.69, 9.17) is 9.47 Å². The number of hydrogen-bond donors (Lipinski definition) is 1. The lowest BCUT2D eigenvalue weighted by molar-refractivity contribution is 0.121. The van der Waals surface area contributed by atoms with E-state index in [1.807, 2.05) is 31.2 Å². The van der Waals surface area contributed by atoms with Gasteiger partial charge in [-0.25, -0.2) is 4.68 Å². The monoisotopic (exact) mass is 504 g/mol. The zero-order valence-electron chi connectivity index (χ0n) is 22.5. The van der Waals surface area contributed by atoms with Gasteiger partial charge >= 0.3 is 0 Å². The SMILES string of the molecule is COCCn1nnnc1[C@H](C(C)C)N(Cc1ccc(OC)cc1)Cc1cc2c(C)cc(C)cc2[nH]c1=O. The molecule has 0 aliphatic carbocycles. The number of nitrogens with one attached hydrogen (secondary N) is 1. The van der Waals surface area contributed by atoms with E-state index >= 15 is 0 Å². The third-order valence-corrected chi connectivity index (χ3v) is 6.66. The van der Waals surface area contributed by atoms with Crippen molar-refractivity contribution in [3.8, 4) is 5.75 Å². The van der Waals surface area contributed by atoms with E-state index in [1.165, 1.54) is 0 Å². The van der Waals surface area contributed by atoms with Crippen LogP contribution in [0, 0.1) is 19.8 Å². The molecule has 0 saturated heterocycles. The number of nitrogens with zero attached hydrogens (tertiary/aromatic N) is 5. The number of pyridine rings is 1. The number of rotatable bonds is 11. The van der Waals surface area contributed by atoms with Crippen molar-refractivity contribution in [3.63, 3.8) is 0 Å². The van der Waals surface area contributed by atoms with E-state index in [-0.39, 0.29) is 17.5 Å². The van der Waals surface area contributed by atoms with E-state index in [0.717, 1.165) is 39.2 Å². The Kier molecular flexibility index (Phi) is 8.35. The van der Waals surface area contributed by atoms with Gasteiger partial charge in [0.15, 0.2) is 5.82 Å². The topological polar surface area (TPSA) is 98.2 Å². The number of aromatic nitrogens is 5. The Bertz CT molecular complexity index is 1390. The fourth-order valence-corrected chi connectivity index (χ4v) is 4.91. The summed E-state index contributed by atoms with van der Waals surface area (Å²) in [6, 6.07) is 14.1. The maximum Gasteiger partial charge on any atom is 0.252 e. The van der Waals surface area contributed by atoms with Crippen LogP contribution in [-0.4, -0.2) is 50.9 Å². The first kappa shape index (κ1) is 26.5. The van der Waals surface area contributed by atoms with Crippen LogP contribution in [-0.2, 0) is 24.4 Å². The molecule has 1 atom stereocenters. The summed E-state index contributed by atoms with van der Waals surface area (Å²) in [6.45, 7) is 10.5. The second-order valence-corrected chi connectivity index (χ2v) is 9.86. The Morgan fingerprint density at radius 2 is 1.81 bits per heavy atom. The Balaban J connectivity index is 1.77. The average molecular weight is 505 g/mol. The predicted molar refractivity (Wildman–Crippen MR) is 144 cm³/mol. The Morgan fingerprint density at radius 1 is 1.05 bits per heavy atom. The summed E-state index contributed by atoms with van der Waals surface area (Å²) in [5, 5.41) is 13.7. The van der Waals surface area contributed by atoms with Crippen LogP contribution in [0.25, 0.3) is 10.9 Å². The summed E-state index contributed by atoms with van der Waals surface area (Å²) in [7, 11) is 3.32. The fraction of sp³-hybridized carbons (Fsp3) is 0.429. The maximum atomic E-state index is 13.3. The molecule has 2 aromatic heterocycles. The largest absolute Gasteiger partial charge is 0.497 e. The van der Waals surface area contributed by atoms with Crippen LogP contribution in [0.1, 0.15) is 48.0 Å². The van der Waals surface area contributed by atoms with Crippen molar-refractivity contribution >= 4 is 10.9 Å². The van der Waals surface area contributed by atoms with Crippen LogP contribution in [0.15, 0.2) is 47.3 Å². The molecule has 2 heterocycles. The van der Waals surface area contributed by atoms with E-state index in [2.05, 4.69) is 64.4 Å². The average Bonchev–Trinajstić information content (AvgIpc) is 3.31. The summed E-state index contributed by atoms with van der Waals surface area (Å²) in [4.78, 5) is 18.6. The molecular weight excluding hydrogens is 468 g/mol. The van der Waals surface area contributed by atoms with Crippen LogP contribution in [0.2, 0.25) is 0 Å². The lowest BCUT2D eigenvalue weighted by atomic mass is 9.99. The summed E-state index contributed by atoms with van der Waals surface area (Å²) in [6.07, 6.45) is 0. The Labute approximate surface area is 217 Å². The lowest BCUT2D eigenvalue weighted by Crippen LogP contribution is -2.35. The molecule has 0 radical (unpaired) electrons. The number of H-pyrrole nitrogens is 1. The minimum absolute atomic E-state index is 0.0845. The predicted octanol–water partition coefficient (Wildman–Crippen LogP) is 4.19. The number of aromatic amines is 1. The molecule has 1 N–H and O–H groups in total. The summed E-state index contributed by atoms with van der Waals surface area (Å²) < 4.78 is 12.4. The molecule has 4 rings (SSSR count). The van der Waals surface area contributed by atoms with Gasteiger partial charge in [-0.05, 0) is 71.1 Å². The van der Waals surface area contributed by atoms with Gasteiger partial charge < -0.3 is 14.5 Å². The first-order valence-corrected chi connectivity index (χ1v) is 12.6. The quantitative estimate of drug-likeness (QED) is 0.327. The first-order valence-electron chi connectivity index (χ1n) is 12.6. The summed E-state index contributed by atoms with van der Waals surface area (Å²) >= 11 is 0. The van der Waals surface area contributed by atoms with Crippen LogP contribution in [0.3, 0.4) is 0 Å². The molecule has 9 nitrogen and oxygen atoms in total. The van der Waals surface area contributed by atoms with Crippen molar-refractivity contribution < 1.29 is 9.47 Å². The standard InChI is InChI=1S/C28H36N6O3/c1-18(2)26(27-30-31-32-34(27)11-12-36-5)33(16-21-7-9-23(37-6)10-8-21)17-22-15-24-20(4)13-19(3)14-25(24)29-28(22)35/h7-10,13-15,18,26H,11-12,16-17H2,1-6H3,(H,29,35)/t26-/m0/s1. The second-order valence-electron chi connectivity index (χ2n) is 9.86. The molecule has 0 bridgehead atoms. The van der Waals surface area contributed by atoms with Gasteiger partial charge in [-0.15, -0.1) is 5.10 Å². The number of ether oxygens (including phenoxy) is 2. The van der Waals surface area contributed by atoms with Crippen molar-refractivity contribution in [2.45, 2.75) is 53.4 Å².